The zero-order chi connectivity index (χ0) is 30.4. The highest BCUT2D eigenvalue weighted by molar-refractivity contribution is 9.10. The van der Waals surface area contributed by atoms with Crippen molar-refractivity contribution in [1.29, 1.82) is 5.26 Å². The molecule has 1 atom stereocenters. The van der Waals surface area contributed by atoms with Crippen molar-refractivity contribution in [3.63, 3.8) is 0 Å². The summed E-state index contributed by atoms with van der Waals surface area (Å²) in [7, 11) is 0. The highest BCUT2D eigenvalue weighted by Crippen LogP contribution is 2.47. The van der Waals surface area contributed by atoms with Gasteiger partial charge in [-0.15, -0.1) is 0 Å². The first kappa shape index (κ1) is 27.9. The molecule has 44 heavy (non-hydrogen) atoms. The molecule has 1 amide bonds. The normalized spacial score (nSPS) is 15.8. The monoisotopic (exact) mass is 635 g/mol. The van der Waals surface area contributed by atoms with Gasteiger partial charge in [-0.25, -0.2) is 0 Å². The standard InChI is InChI=1S/C39H30BrN3O/c1-26-32-21-22-43(38(44)30-13-7-4-8-14-30)39(25-41,23-28-17-19-31(40)20-18-28)36(32)27(2)35-33-15-9-10-16-34(33)42(37(26)35)24-29-11-5-3-6-12-29/h3-22H,23-24H2,1-2H3. The number of nitriles is 1. The zero-order valence-corrected chi connectivity index (χ0v) is 26.2. The molecule has 5 aromatic carbocycles. The molecule has 0 saturated carbocycles. The van der Waals surface area contributed by atoms with Gasteiger partial charge in [0.2, 0.25) is 0 Å². The van der Waals surface area contributed by atoms with Gasteiger partial charge in [0, 0.05) is 51.1 Å². The quantitative estimate of drug-likeness (QED) is 0.189. The number of benzene rings is 5. The fourth-order valence-corrected chi connectivity index (χ4v) is 7.23. The van der Waals surface area contributed by atoms with Crippen molar-refractivity contribution in [2.75, 3.05) is 0 Å². The first-order chi connectivity index (χ1) is 21.4. The Kier molecular flexibility index (Phi) is 6.95. The first-order valence-corrected chi connectivity index (χ1v) is 15.5. The van der Waals surface area contributed by atoms with Crippen LogP contribution in [0.25, 0.3) is 27.9 Å². The second-order valence-corrected chi connectivity index (χ2v) is 12.4. The third-order valence-electron chi connectivity index (χ3n) is 8.95. The highest BCUT2D eigenvalue weighted by atomic mass is 79.9. The van der Waals surface area contributed by atoms with E-state index in [1.54, 1.807) is 4.90 Å². The maximum Gasteiger partial charge on any atom is 0.259 e. The molecule has 0 radical (unpaired) electrons. The molecular weight excluding hydrogens is 606 g/mol. The summed E-state index contributed by atoms with van der Waals surface area (Å²) in [5, 5.41) is 13.6. The van der Waals surface area contributed by atoms with Crippen LogP contribution in [0.4, 0.5) is 0 Å². The van der Waals surface area contributed by atoms with Crippen molar-refractivity contribution in [2.24, 2.45) is 0 Å². The van der Waals surface area contributed by atoms with Crippen LogP contribution in [0.3, 0.4) is 0 Å². The summed E-state index contributed by atoms with van der Waals surface area (Å²) in [5.74, 6) is -0.199. The van der Waals surface area contributed by atoms with Crippen LogP contribution in [0, 0.1) is 25.2 Å². The van der Waals surface area contributed by atoms with Crippen molar-refractivity contribution in [3.05, 3.63) is 159 Å². The SMILES string of the molecule is Cc1c2c(c(C)c3c1c1ccccc1n3Cc1ccccc1)C=CN(C(=O)c1ccccc1)C2(C#N)Cc1ccc(Br)cc1. The minimum Gasteiger partial charge on any atom is -0.336 e. The Hall–Kier alpha value is -4.92. The number of hydrogen-bond acceptors (Lipinski definition) is 2. The van der Waals surface area contributed by atoms with Crippen molar-refractivity contribution < 1.29 is 4.79 Å². The van der Waals surface area contributed by atoms with E-state index in [4.69, 9.17) is 0 Å². The number of aromatic nitrogens is 1. The van der Waals surface area contributed by atoms with Crippen molar-refractivity contribution in [2.45, 2.75) is 32.4 Å². The van der Waals surface area contributed by atoms with E-state index in [-0.39, 0.29) is 5.91 Å². The number of halogens is 1. The van der Waals surface area contributed by atoms with Crippen LogP contribution in [-0.2, 0) is 18.5 Å². The molecule has 0 bridgehead atoms. The molecule has 0 aliphatic carbocycles. The largest absolute Gasteiger partial charge is 0.336 e. The van der Waals surface area contributed by atoms with Gasteiger partial charge >= 0.3 is 0 Å². The molecule has 0 N–H and O–H groups in total. The summed E-state index contributed by atoms with van der Waals surface area (Å²) in [6, 6.07) is 39.0. The molecular formula is C39H30BrN3O. The molecule has 0 spiro atoms. The van der Waals surface area contributed by atoms with Gasteiger partial charge in [-0.3, -0.25) is 9.69 Å². The Bertz CT molecular complexity index is 2120. The summed E-state index contributed by atoms with van der Waals surface area (Å²) in [4.78, 5) is 15.9. The van der Waals surface area contributed by atoms with E-state index in [1.807, 2.05) is 72.9 Å². The summed E-state index contributed by atoms with van der Waals surface area (Å²) < 4.78 is 3.37. The van der Waals surface area contributed by atoms with Crippen LogP contribution in [0.1, 0.15) is 43.7 Å². The number of amides is 1. The topological polar surface area (TPSA) is 49.0 Å². The molecule has 7 rings (SSSR count). The number of nitrogens with zero attached hydrogens (tertiary/aromatic N) is 3. The predicted molar refractivity (Wildman–Crippen MR) is 181 cm³/mol. The Labute approximate surface area is 265 Å². The Balaban J connectivity index is 1.54. The van der Waals surface area contributed by atoms with Gasteiger partial charge in [-0.2, -0.15) is 5.26 Å². The number of rotatable bonds is 5. The fourth-order valence-electron chi connectivity index (χ4n) is 6.96. The lowest BCUT2D eigenvalue weighted by Gasteiger charge is -2.42. The minimum atomic E-state index is -1.27. The van der Waals surface area contributed by atoms with E-state index in [1.165, 1.54) is 5.56 Å². The molecule has 5 heteroatoms. The predicted octanol–water partition coefficient (Wildman–Crippen LogP) is 9.31. The van der Waals surface area contributed by atoms with Gasteiger partial charge in [0.05, 0.1) is 11.6 Å². The maximum absolute atomic E-state index is 14.2. The van der Waals surface area contributed by atoms with Gasteiger partial charge < -0.3 is 4.57 Å². The van der Waals surface area contributed by atoms with Crippen LogP contribution in [-0.4, -0.2) is 15.4 Å². The summed E-state index contributed by atoms with van der Waals surface area (Å²) in [6.07, 6.45) is 4.20. The van der Waals surface area contributed by atoms with Crippen molar-refractivity contribution in [1.82, 2.24) is 9.47 Å². The molecule has 1 aliphatic rings. The minimum absolute atomic E-state index is 0.199. The third kappa shape index (κ3) is 4.37. The van der Waals surface area contributed by atoms with E-state index in [9.17, 15) is 10.1 Å². The van der Waals surface area contributed by atoms with E-state index < -0.39 is 5.54 Å². The molecule has 1 aromatic heterocycles. The van der Waals surface area contributed by atoms with E-state index in [2.05, 4.69) is 88.9 Å². The summed E-state index contributed by atoms with van der Waals surface area (Å²) >= 11 is 3.55. The Morgan fingerprint density at radius 1 is 0.818 bits per heavy atom. The Morgan fingerprint density at radius 2 is 1.48 bits per heavy atom. The van der Waals surface area contributed by atoms with Gasteiger partial charge in [0.25, 0.3) is 5.91 Å². The van der Waals surface area contributed by atoms with Crippen LogP contribution < -0.4 is 0 Å². The van der Waals surface area contributed by atoms with Gasteiger partial charge in [0.15, 0.2) is 5.54 Å². The average Bonchev–Trinajstić information content (AvgIpc) is 3.39. The molecule has 1 unspecified atom stereocenters. The Morgan fingerprint density at radius 3 is 2.18 bits per heavy atom. The molecule has 1 aliphatic heterocycles. The highest BCUT2D eigenvalue weighted by Gasteiger charge is 2.47. The van der Waals surface area contributed by atoms with E-state index in [0.717, 1.165) is 60.6 Å². The van der Waals surface area contributed by atoms with Gasteiger partial charge in [-0.05, 0) is 78.1 Å². The molecule has 2 heterocycles. The van der Waals surface area contributed by atoms with Crippen molar-refractivity contribution in [3.8, 4) is 6.07 Å². The number of hydrogen-bond donors (Lipinski definition) is 0. The lowest BCUT2D eigenvalue weighted by atomic mass is 9.74. The molecule has 0 fully saturated rings. The first-order valence-electron chi connectivity index (χ1n) is 14.7. The van der Waals surface area contributed by atoms with E-state index >= 15 is 0 Å². The maximum atomic E-state index is 14.2. The number of carbonyl (C=O) groups is 1. The smallest absolute Gasteiger partial charge is 0.259 e. The van der Waals surface area contributed by atoms with Gasteiger partial charge in [0.1, 0.15) is 0 Å². The number of fused-ring (bicyclic) bond motifs is 4. The van der Waals surface area contributed by atoms with E-state index in [0.29, 0.717) is 12.0 Å². The molecule has 4 nitrogen and oxygen atoms in total. The van der Waals surface area contributed by atoms with Crippen LogP contribution in [0.2, 0.25) is 0 Å². The number of carbonyl (C=O) groups excluding carboxylic acids is 1. The summed E-state index contributed by atoms with van der Waals surface area (Å²) in [6.45, 7) is 5.01. The van der Waals surface area contributed by atoms with Gasteiger partial charge in [-0.1, -0.05) is 94.8 Å². The van der Waals surface area contributed by atoms with Crippen molar-refractivity contribution >= 4 is 49.7 Å². The molecule has 6 aromatic rings. The van der Waals surface area contributed by atoms with Crippen LogP contribution >= 0.6 is 15.9 Å². The van der Waals surface area contributed by atoms with Crippen LogP contribution in [0.15, 0.2) is 120 Å². The average molecular weight is 637 g/mol. The second-order valence-electron chi connectivity index (χ2n) is 11.5. The molecule has 0 saturated heterocycles. The second kappa shape index (κ2) is 11.0. The number of aryl methyl sites for hydroxylation is 2. The lowest BCUT2D eigenvalue weighted by molar-refractivity contribution is 0.0696. The van der Waals surface area contributed by atoms with Crippen LogP contribution in [0.5, 0.6) is 0 Å². The lowest BCUT2D eigenvalue weighted by Crippen LogP contribution is -2.49. The number of para-hydroxylation sites is 1. The fraction of sp³-hybridized carbons (Fsp3) is 0.128. The summed E-state index contributed by atoms with van der Waals surface area (Å²) in [5.41, 5.74) is 7.81. The molecule has 214 valence electrons. The third-order valence-corrected chi connectivity index (χ3v) is 9.47. The zero-order valence-electron chi connectivity index (χ0n) is 24.6.